The van der Waals surface area contributed by atoms with E-state index in [0.29, 0.717) is 6.54 Å². The smallest absolute Gasteiger partial charge is 0.113 e. The van der Waals surface area contributed by atoms with Crippen LogP contribution >= 0.6 is 11.6 Å². The highest BCUT2D eigenvalue weighted by molar-refractivity contribution is 6.31. The summed E-state index contributed by atoms with van der Waals surface area (Å²) in [6.45, 7) is 2.67. The highest BCUT2D eigenvalue weighted by Crippen LogP contribution is 2.22. The maximum atomic E-state index is 5.95. The van der Waals surface area contributed by atoms with Crippen LogP contribution in [0.1, 0.15) is 18.7 Å². The van der Waals surface area contributed by atoms with Crippen LogP contribution in [0.2, 0.25) is 5.02 Å². The molecule has 1 aromatic carbocycles. The summed E-state index contributed by atoms with van der Waals surface area (Å²) in [4.78, 5) is 4.55. The van der Waals surface area contributed by atoms with Crippen molar-refractivity contribution in [1.29, 1.82) is 0 Å². The van der Waals surface area contributed by atoms with Gasteiger partial charge in [0.1, 0.15) is 5.82 Å². The minimum Gasteiger partial charge on any atom is -0.331 e. The molecule has 1 unspecified atom stereocenters. The van der Waals surface area contributed by atoms with Crippen LogP contribution in [0.3, 0.4) is 0 Å². The molecule has 1 aromatic heterocycles. The van der Waals surface area contributed by atoms with Gasteiger partial charge in [-0.2, -0.15) is 0 Å². The Morgan fingerprint density at radius 1 is 1.53 bits per heavy atom. The van der Waals surface area contributed by atoms with Gasteiger partial charge in [-0.1, -0.05) is 18.5 Å². The lowest BCUT2D eigenvalue weighted by atomic mass is 10.2. The lowest BCUT2D eigenvalue weighted by Crippen LogP contribution is -2.13. The van der Waals surface area contributed by atoms with Gasteiger partial charge in [0.2, 0.25) is 0 Å². The third kappa shape index (κ3) is 1.73. The van der Waals surface area contributed by atoms with Crippen LogP contribution in [0, 0.1) is 0 Å². The molecule has 0 radical (unpaired) electrons. The maximum absolute atomic E-state index is 5.95. The number of rotatable bonds is 2. The summed E-state index contributed by atoms with van der Waals surface area (Å²) < 4.78 is 2.05. The van der Waals surface area contributed by atoms with E-state index >= 15 is 0 Å². The van der Waals surface area contributed by atoms with Crippen molar-refractivity contribution < 1.29 is 0 Å². The number of aromatic nitrogens is 2. The van der Waals surface area contributed by atoms with E-state index in [2.05, 4.69) is 16.5 Å². The monoisotopic (exact) mass is 223 g/mol. The second-order valence-corrected chi connectivity index (χ2v) is 4.24. The fourth-order valence-electron chi connectivity index (χ4n) is 1.73. The maximum Gasteiger partial charge on any atom is 0.113 e. The second kappa shape index (κ2) is 3.83. The predicted octanol–water partition coefficient (Wildman–Crippen LogP) is 2.29. The molecule has 0 bridgehead atoms. The Labute approximate surface area is 93.9 Å². The molecule has 80 valence electrons. The Hall–Kier alpha value is -1.06. The minimum atomic E-state index is 0.265. The van der Waals surface area contributed by atoms with E-state index in [1.807, 2.05) is 25.2 Å². The van der Waals surface area contributed by atoms with Crippen molar-refractivity contribution in [1.82, 2.24) is 9.55 Å². The van der Waals surface area contributed by atoms with Crippen molar-refractivity contribution in [2.75, 3.05) is 6.54 Å². The first-order valence-electron chi connectivity index (χ1n) is 4.95. The molecule has 1 atom stereocenters. The molecule has 0 fully saturated rings. The number of nitrogens with zero attached hydrogens (tertiary/aromatic N) is 2. The lowest BCUT2D eigenvalue weighted by Gasteiger charge is -2.07. The summed E-state index contributed by atoms with van der Waals surface area (Å²) in [5, 5.41) is 0.734. The Balaban J connectivity index is 2.64. The Kier molecular flexibility index (Phi) is 2.67. The number of hydrogen-bond acceptors (Lipinski definition) is 2. The van der Waals surface area contributed by atoms with Crippen molar-refractivity contribution >= 4 is 22.6 Å². The summed E-state index contributed by atoms with van der Waals surface area (Å²) in [5.41, 5.74) is 7.67. The van der Waals surface area contributed by atoms with Crippen LogP contribution in [-0.2, 0) is 7.05 Å². The Bertz CT molecular complexity index is 490. The van der Waals surface area contributed by atoms with E-state index < -0.39 is 0 Å². The molecular weight excluding hydrogens is 210 g/mol. The number of imidazole rings is 1. The fraction of sp³-hybridized carbons (Fsp3) is 0.364. The molecule has 2 N–H and O–H groups in total. The zero-order valence-corrected chi connectivity index (χ0v) is 9.62. The van der Waals surface area contributed by atoms with Gasteiger partial charge in [0, 0.05) is 24.5 Å². The van der Waals surface area contributed by atoms with Gasteiger partial charge >= 0.3 is 0 Å². The molecular formula is C11H14ClN3. The van der Waals surface area contributed by atoms with E-state index in [4.69, 9.17) is 17.3 Å². The average Bonchev–Trinajstić information content (AvgIpc) is 2.55. The zero-order chi connectivity index (χ0) is 11.0. The average molecular weight is 224 g/mol. The normalized spacial score (nSPS) is 13.3. The first-order chi connectivity index (χ1) is 7.13. The third-order valence-corrected chi connectivity index (χ3v) is 2.91. The molecule has 15 heavy (non-hydrogen) atoms. The Morgan fingerprint density at radius 3 is 2.93 bits per heavy atom. The minimum absolute atomic E-state index is 0.265. The van der Waals surface area contributed by atoms with Crippen LogP contribution in [0.25, 0.3) is 11.0 Å². The first-order valence-corrected chi connectivity index (χ1v) is 5.33. The Morgan fingerprint density at radius 2 is 2.27 bits per heavy atom. The first kappa shape index (κ1) is 10.5. The number of benzene rings is 1. The van der Waals surface area contributed by atoms with E-state index in [1.54, 1.807) is 0 Å². The van der Waals surface area contributed by atoms with E-state index in [1.165, 1.54) is 0 Å². The zero-order valence-electron chi connectivity index (χ0n) is 8.87. The molecule has 0 saturated carbocycles. The van der Waals surface area contributed by atoms with E-state index in [9.17, 15) is 0 Å². The van der Waals surface area contributed by atoms with Gasteiger partial charge in [0.25, 0.3) is 0 Å². The van der Waals surface area contributed by atoms with Crippen LogP contribution < -0.4 is 5.73 Å². The molecule has 0 amide bonds. The highest BCUT2D eigenvalue weighted by Gasteiger charge is 2.12. The van der Waals surface area contributed by atoms with Crippen LogP contribution in [0.5, 0.6) is 0 Å². The lowest BCUT2D eigenvalue weighted by molar-refractivity contribution is 0.676. The van der Waals surface area contributed by atoms with Crippen molar-refractivity contribution in [2.24, 2.45) is 12.8 Å². The van der Waals surface area contributed by atoms with Gasteiger partial charge in [-0.3, -0.25) is 0 Å². The number of hydrogen-bond donors (Lipinski definition) is 1. The van der Waals surface area contributed by atoms with E-state index in [-0.39, 0.29) is 5.92 Å². The standard InChI is InChI=1S/C11H14ClN3/c1-7(6-13)11-14-9-4-3-8(12)5-10(9)15(11)2/h3-5,7H,6,13H2,1-2H3. The summed E-state index contributed by atoms with van der Waals surface area (Å²) in [6, 6.07) is 5.72. The van der Waals surface area contributed by atoms with Gasteiger partial charge < -0.3 is 10.3 Å². The molecule has 2 rings (SSSR count). The quantitative estimate of drug-likeness (QED) is 0.849. The largest absolute Gasteiger partial charge is 0.331 e. The van der Waals surface area contributed by atoms with Gasteiger partial charge in [0.05, 0.1) is 11.0 Å². The number of fused-ring (bicyclic) bond motifs is 1. The van der Waals surface area contributed by atoms with Gasteiger partial charge in [0.15, 0.2) is 0 Å². The summed E-state index contributed by atoms with van der Waals surface area (Å²) in [6.07, 6.45) is 0. The number of aryl methyl sites for hydroxylation is 1. The van der Waals surface area contributed by atoms with Gasteiger partial charge in [-0.25, -0.2) is 4.98 Å². The third-order valence-electron chi connectivity index (χ3n) is 2.67. The molecule has 0 aliphatic carbocycles. The fourth-order valence-corrected chi connectivity index (χ4v) is 1.89. The predicted molar refractivity (Wildman–Crippen MR) is 63.2 cm³/mol. The van der Waals surface area contributed by atoms with Crippen molar-refractivity contribution in [3.63, 3.8) is 0 Å². The highest BCUT2D eigenvalue weighted by atomic mass is 35.5. The summed E-state index contributed by atoms with van der Waals surface area (Å²) in [7, 11) is 1.99. The SMILES string of the molecule is CC(CN)c1nc2ccc(Cl)cc2n1C. The molecule has 4 heteroatoms. The summed E-state index contributed by atoms with van der Waals surface area (Å²) in [5.74, 6) is 1.27. The van der Waals surface area contributed by atoms with Crippen molar-refractivity contribution in [2.45, 2.75) is 12.8 Å². The molecule has 1 heterocycles. The molecule has 0 saturated heterocycles. The van der Waals surface area contributed by atoms with E-state index in [0.717, 1.165) is 21.9 Å². The van der Waals surface area contributed by atoms with Crippen molar-refractivity contribution in [3.8, 4) is 0 Å². The second-order valence-electron chi connectivity index (χ2n) is 3.80. The molecule has 3 nitrogen and oxygen atoms in total. The molecule has 0 spiro atoms. The molecule has 0 aliphatic rings. The topological polar surface area (TPSA) is 43.8 Å². The molecule has 2 aromatic rings. The van der Waals surface area contributed by atoms with Crippen LogP contribution in [0.4, 0.5) is 0 Å². The van der Waals surface area contributed by atoms with Crippen LogP contribution in [0.15, 0.2) is 18.2 Å². The number of halogens is 1. The summed E-state index contributed by atoms with van der Waals surface area (Å²) >= 11 is 5.95. The van der Waals surface area contributed by atoms with Gasteiger partial charge in [-0.05, 0) is 18.2 Å². The van der Waals surface area contributed by atoms with Crippen LogP contribution in [-0.4, -0.2) is 16.1 Å². The molecule has 0 aliphatic heterocycles. The number of nitrogens with two attached hydrogens (primary N) is 1. The van der Waals surface area contributed by atoms with Crippen molar-refractivity contribution in [3.05, 3.63) is 29.0 Å². The van der Waals surface area contributed by atoms with Gasteiger partial charge in [-0.15, -0.1) is 0 Å².